The first-order chi connectivity index (χ1) is 14.0. The predicted molar refractivity (Wildman–Crippen MR) is 109 cm³/mol. The maximum absolute atomic E-state index is 14.7. The van der Waals surface area contributed by atoms with Crippen molar-refractivity contribution in [3.63, 3.8) is 0 Å². The number of fused-ring (bicyclic) bond motifs is 2. The molecule has 160 valence electrons. The summed E-state index contributed by atoms with van der Waals surface area (Å²) in [4.78, 5) is 22.7. The van der Waals surface area contributed by atoms with Crippen molar-refractivity contribution in [3.8, 4) is 11.4 Å². The molecule has 6 nitrogen and oxygen atoms in total. The van der Waals surface area contributed by atoms with Crippen molar-refractivity contribution in [2.24, 2.45) is 5.92 Å². The average molecular weight is 416 g/mol. The van der Waals surface area contributed by atoms with Gasteiger partial charge in [-0.15, -0.1) is 0 Å². The van der Waals surface area contributed by atoms with Gasteiger partial charge in [0.2, 0.25) is 0 Å². The molecule has 1 aromatic heterocycles. The Kier molecular flexibility index (Phi) is 4.80. The van der Waals surface area contributed by atoms with Crippen LogP contribution in [-0.4, -0.2) is 43.2 Å². The number of rotatable bonds is 3. The largest absolute Gasteiger partial charge is 0.388 e. The van der Waals surface area contributed by atoms with Crippen molar-refractivity contribution in [1.29, 1.82) is 0 Å². The molecule has 30 heavy (non-hydrogen) atoms. The van der Waals surface area contributed by atoms with Gasteiger partial charge < -0.3 is 15.3 Å². The van der Waals surface area contributed by atoms with Crippen LogP contribution in [0.4, 0.5) is 19.3 Å². The Morgan fingerprint density at radius 3 is 2.57 bits per heavy atom. The van der Waals surface area contributed by atoms with Crippen molar-refractivity contribution >= 4 is 11.7 Å². The van der Waals surface area contributed by atoms with Crippen molar-refractivity contribution in [3.05, 3.63) is 41.7 Å². The SMILES string of the molecule is Cc1cc(F)c(NC(=O)N2[C@@H]3C[C@@H](C)CC2(C(C)(C)O)C3)cc1-c1ncc(F)cn1. The summed E-state index contributed by atoms with van der Waals surface area (Å²) >= 11 is 0. The third kappa shape index (κ3) is 3.23. The second kappa shape index (κ2) is 6.97. The third-order valence-electron chi connectivity index (χ3n) is 6.53. The van der Waals surface area contributed by atoms with Gasteiger partial charge in [0.25, 0.3) is 0 Å². The number of benzene rings is 1. The summed E-state index contributed by atoms with van der Waals surface area (Å²) in [6.45, 7) is 7.26. The molecule has 3 heterocycles. The Labute approximate surface area is 174 Å². The summed E-state index contributed by atoms with van der Waals surface area (Å²) in [5.41, 5.74) is -0.670. The van der Waals surface area contributed by atoms with E-state index in [1.165, 1.54) is 12.1 Å². The molecule has 2 amide bonds. The number of urea groups is 1. The van der Waals surface area contributed by atoms with Gasteiger partial charge >= 0.3 is 6.03 Å². The molecule has 2 aliphatic heterocycles. The van der Waals surface area contributed by atoms with Gasteiger partial charge in [0.1, 0.15) is 5.82 Å². The number of amides is 2. The third-order valence-corrected chi connectivity index (χ3v) is 6.53. The predicted octanol–water partition coefficient (Wildman–Crippen LogP) is 4.28. The zero-order chi connectivity index (χ0) is 21.8. The monoisotopic (exact) mass is 416 g/mol. The standard InChI is InChI=1S/C22H26F2N4O2/c1-12-5-15-9-22(8-12,21(3,4)30)28(15)20(29)27-18-7-16(13(2)6-17(18)24)19-25-10-14(23)11-26-19/h6-7,10-12,15,30H,5,8-9H2,1-4H3,(H,27,29)/t12-,15-,22?/m1/s1. The maximum Gasteiger partial charge on any atom is 0.322 e. The van der Waals surface area contributed by atoms with Crippen LogP contribution in [-0.2, 0) is 0 Å². The van der Waals surface area contributed by atoms with Crippen LogP contribution in [0, 0.1) is 24.5 Å². The lowest BCUT2D eigenvalue weighted by atomic mass is 9.58. The maximum atomic E-state index is 14.7. The Balaban J connectivity index is 1.64. The van der Waals surface area contributed by atoms with E-state index in [4.69, 9.17) is 0 Å². The van der Waals surface area contributed by atoms with Crippen LogP contribution in [0.25, 0.3) is 11.4 Å². The summed E-state index contributed by atoms with van der Waals surface area (Å²) in [5.74, 6) is -0.504. The number of nitrogens with one attached hydrogen (secondary N) is 1. The van der Waals surface area contributed by atoms with E-state index in [9.17, 15) is 18.7 Å². The minimum Gasteiger partial charge on any atom is -0.388 e. The summed E-state index contributed by atoms with van der Waals surface area (Å²) < 4.78 is 27.8. The molecule has 3 atom stereocenters. The molecular weight excluding hydrogens is 390 g/mol. The first kappa shape index (κ1) is 20.7. The Bertz CT molecular complexity index is 990. The van der Waals surface area contributed by atoms with Crippen LogP contribution in [0.15, 0.2) is 24.5 Å². The molecule has 2 aliphatic rings. The summed E-state index contributed by atoms with van der Waals surface area (Å²) in [7, 11) is 0. The Morgan fingerprint density at radius 1 is 1.27 bits per heavy atom. The van der Waals surface area contributed by atoms with Crippen molar-refractivity contribution < 1.29 is 18.7 Å². The number of aliphatic hydroxyl groups is 1. The lowest BCUT2D eigenvalue weighted by Crippen LogP contribution is -2.79. The number of piperidine rings is 1. The van der Waals surface area contributed by atoms with Crippen LogP contribution < -0.4 is 5.32 Å². The second-order valence-corrected chi connectivity index (χ2v) is 9.17. The van der Waals surface area contributed by atoms with Crippen LogP contribution in [0.2, 0.25) is 0 Å². The smallest absolute Gasteiger partial charge is 0.322 e. The molecule has 2 fully saturated rings. The number of aryl methyl sites for hydroxylation is 1. The fraction of sp³-hybridized carbons (Fsp3) is 0.500. The van der Waals surface area contributed by atoms with E-state index < -0.39 is 28.8 Å². The van der Waals surface area contributed by atoms with E-state index >= 15 is 0 Å². The number of carbonyl (C=O) groups excluding carboxylic acids is 1. The molecule has 2 aromatic rings. The summed E-state index contributed by atoms with van der Waals surface area (Å²) in [6.07, 6.45) is 4.37. The minimum absolute atomic E-state index is 0.00237. The minimum atomic E-state index is -1.07. The summed E-state index contributed by atoms with van der Waals surface area (Å²) in [5, 5.41) is 13.5. The highest BCUT2D eigenvalue weighted by atomic mass is 19.1. The van der Waals surface area contributed by atoms with Gasteiger partial charge in [-0.2, -0.15) is 0 Å². The van der Waals surface area contributed by atoms with Crippen LogP contribution in [0.5, 0.6) is 0 Å². The van der Waals surface area contributed by atoms with Gasteiger partial charge in [-0.25, -0.2) is 23.5 Å². The number of carbonyl (C=O) groups is 1. The number of hydrogen-bond acceptors (Lipinski definition) is 4. The molecule has 2 bridgehead atoms. The Hall–Kier alpha value is -2.61. The lowest BCUT2D eigenvalue weighted by Gasteiger charge is -2.67. The second-order valence-electron chi connectivity index (χ2n) is 9.17. The van der Waals surface area contributed by atoms with Crippen molar-refractivity contribution in [2.75, 3.05) is 5.32 Å². The zero-order valence-corrected chi connectivity index (χ0v) is 17.5. The highest BCUT2D eigenvalue weighted by Gasteiger charge is 2.64. The van der Waals surface area contributed by atoms with E-state index in [1.807, 2.05) is 0 Å². The molecule has 2 saturated heterocycles. The molecule has 0 saturated carbocycles. The van der Waals surface area contributed by atoms with Gasteiger partial charge in [0.15, 0.2) is 11.6 Å². The van der Waals surface area contributed by atoms with Gasteiger partial charge in [0.05, 0.1) is 29.2 Å². The van der Waals surface area contributed by atoms with Gasteiger partial charge in [-0.1, -0.05) is 6.92 Å². The topological polar surface area (TPSA) is 78.4 Å². The Morgan fingerprint density at radius 2 is 1.93 bits per heavy atom. The first-order valence-electron chi connectivity index (χ1n) is 10.1. The zero-order valence-electron chi connectivity index (χ0n) is 17.5. The normalized spacial score (nSPS) is 25.6. The highest BCUT2D eigenvalue weighted by molar-refractivity contribution is 5.92. The fourth-order valence-corrected chi connectivity index (χ4v) is 5.10. The fourth-order valence-electron chi connectivity index (χ4n) is 5.10. The van der Waals surface area contributed by atoms with Crippen molar-refractivity contribution in [2.45, 2.75) is 64.1 Å². The molecular formula is C22H26F2N4O2. The molecule has 0 radical (unpaired) electrons. The first-order valence-corrected chi connectivity index (χ1v) is 10.1. The molecule has 1 unspecified atom stereocenters. The molecule has 2 N–H and O–H groups in total. The quantitative estimate of drug-likeness (QED) is 0.783. The van der Waals surface area contributed by atoms with Crippen LogP contribution >= 0.6 is 0 Å². The van der Waals surface area contributed by atoms with E-state index in [0.717, 1.165) is 25.2 Å². The molecule has 1 aromatic carbocycles. The summed E-state index contributed by atoms with van der Waals surface area (Å²) in [6, 6.07) is 2.34. The molecule has 8 heteroatoms. The average Bonchev–Trinajstić information content (AvgIpc) is 2.63. The number of nitrogens with zero attached hydrogens (tertiary/aromatic N) is 3. The van der Waals surface area contributed by atoms with Crippen LogP contribution in [0.3, 0.4) is 0 Å². The van der Waals surface area contributed by atoms with E-state index in [2.05, 4.69) is 22.2 Å². The number of aromatic nitrogens is 2. The number of anilines is 1. The van der Waals surface area contributed by atoms with Gasteiger partial charge in [0, 0.05) is 11.6 Å². The van der Waals surface area contributed by atoms with E-state index in [-0.39, 0.29) is 17.6 Å². The van der Waals surface area contributed by atoms with Gasteiger partial charge in [-0.3, -0.25) is 0 Å². The van der Waals surface area contributed by atoms with E-state index in [0.29, 0.717) is 23.5 Å². The lowest BCUT2D eigenvalue weighted by molar-refractivity contribution is -0.189. The number of hydrogen-bond donors (Lipinski definition) is 2. The van der Waals surface area contributed by atoms with Gasteiger partial charge in [-0.05, 0) is 63.6 Å². The number of halogens is 2. The highest BCUT2D eigenvalue weighted by Crippen LogP contribution is 2.55. The molecule has 0 aliphatic carbocycles. The van der Waals surface area contributed by atoms with E-state index in [1.54, 1.807) is 25.7 Å². The molecule has 0 spiro atoms. The molecule has 4 rings (SSSR count). The van der Waals surface area contributed by atoms with Crippen LogP contribution in [0.1, 0.15) is 45.6 Å². The van der Waals surface area contributed by atoms with Crippen molar-refractivity contribution in [1.82, 2.24) is 14.9 Å².